The number of esters is 1. The van der Waals surface area contributed by atoms with Gasteiger partial charge in [0.25, 0.3) is 0 Å². The molecule has 0 heterocycles. The molecule has 0 fully saturated rings. The van der Waals surface area contributed by atoms with Crippen molar-refractivity contribution in [3.05, 3.63) is 0 Å². The minimum absolute atomic E-state index is 0.148. The number of ether oxygens (including phenoxy) is 2. The van der Waals surface area contributed by atoms with Crippen LogP contribution in [0, 0.1) is 5.41 Å². The van der Waals surface area contributed by atoms with Gasteiger partial charge in [-0.15, -0.1) is 0 Å². The normalized spacial score (nSPS) is 12.4. The third-order valence-corrected chi connectivity index (χ3v) is 1.88. The largest absolute Gasteiger partial charge is 0.516 e. The molecule has 0 saturated heterocycles. The molecule has 0 aliphatic heterocycles. The highest BCUT2D eigenvalue weighted by Crippen LogP contribution is 2.08. The highest BCUT2D eigenvalue weighted by Gasteiger charge is 2.23. The molecule has 8 nitrogen and oxygen atoms in total. The van der Waals surface area contributed by atoms with Crippen LogP contribution in [0.3, 0.4) is 0 Å². The van der Waals surface area contributed by atoms with Crippen molar-refractivity contribution in [2.24, 2.45) is 11.5 Å². The number of guanidine groups is 1. The highest BCUT2D eigenvalue weighted by atomic mass is 16.7. The van der Waals surface area contributed by atoms with E-state index >= 15 is 0 Å². The zero-order valence-corrected chi connectivity index (χ0v) is 11.5. The Bertz CT molecular complexity index is 338. The molecule has 6 N–H and O–H groups in total. The first-order valence-electron chi connectivity index (χ1n) is 5.90. The second kappa shape index (κ2) is 7.57. The maximum Gasteiger partial charge on any atom is 0.516 e. The Kier molecular flexibility index (Phi) is 6.84. The molecule has 0 aromatic heterocycles. The van der Waals surface area contributed by atoms with E-state index in [1.807, 2.05) is 0 Å². The van der Waals surface area contributed by atoms with E-state index in [2.05, 4.69) is 10.1 Å². The summed E-state index contributed by atoms with van der Waals surface area (Å²) in [5.41, 5.74) is 9.90. The first-order chi connectivity index (χ1) is 8.61. The van der Waals surface area contributed by atoms with Crippen LogP contribution in [-0.4, -0.2) is 36.3 Å². The predicted octanol–water partition coefficient (Wildman–Crippen LogP) is 0.0553. The fourth-order valence-electron chi connectivity index (χ4n) is 1.09. The van der Waals surface area contributed by atoms with Crippen LogP contribution < -0.4 is 16.8 Å². The van der Waals surface area contributed by atoms with Gasteiger partial charge in [0.05, 0.1) is 0 Å². The van der Waals surface area contributed by atoms with Crippen molar-refractivity contribution in [1.29, 1.82) is 5.41 Å². The van der Waals surface area contributed by atoms with Crippen LogP contribution in [0.2, 0.25) is 0 Å². The molecule has 0 rings (SSSR count). The van der Waals surface area contributed by atoms with Crippen molar-refractivity contribution in [2.75, 3.05) is 6.54 Å². The summed E-state index contributed by atoms with van der Waals surface area (Å²) in [6, 6.07) is -0.915. The zero-order chi connectivity index (χ0) is 15.1. The van der Waals surface area contributed by atoms with E-state index in [4.69, 9.17) is 21.6 Å². The minimum Gasteiger partial charge on any atom is -0.428 e. The average Bonchev–Trinajstić information content (AvgIpc) is 2.20. The van der Waals surface area contributed by atoms with Gasteiger partial charge in [0.2, 0.25) is 0 Å². The van der Waals surface area contributed by atoms with Crippen molar-refractivity contribution < 1.29 is 19.1 Å². The maximum atomic E-state index is 11.4. The summed E-state index contributed by atoms with van der Waals surface area (Å²) in [4.78, 5) is 22.6. The van der Waals surface area contributed by atoms with Gasteiger partial charge in [-0.3, -0.25) is 5.41 Å². The van der Waals surface area contributed by atoms with E-state index < -0.39 is 23.8 Å². The SMILES string of the molecule is CC(C)(C)OC(=O)OC(=O)[C@@H](N)CCCNC(=N)N. The molecule has 0 spiro atoms. The summed E-state index contributed by atoms with van der Waals surface area (Å²) in [7, 11) is 0. The molecule has 0 aliphatic carbocycles. The van der Waals surface area contributed by atoms with Gasteiger partial charge >= 0.3 is 12.1 Å². The Hall–Kier alpha value is -1.83. The third-order valence-electron chi connectivity index (χ3n) is 1.88. The molecule has 0 aromatic rings. The fraction of sp³-hybridized carbons (Fsp3) is 0.727. The number of nitrogens with one attached hydrogen (secondary N) is 2. The molecule has 0 aliphatic rings. The fourth-order valence-corrected chi connectivity index (χ4v) is 1.09. The zero-order valence-electron chi connectivity index (χ0n) is 11.5. The monoisotopic (exact) mass is 274 g/mol. The maximum absolute atomic E-state index is 11.4. The van der Waals surface area contributed by atoms with Gasteiger partial charge in [-0.05, 0) is 33.6 Å². The van der Waals surface area contributed by atoms with Crippen molar-refractivity contribution >= 4 is 18.1 Å². The first-order valence-corrected chi connectivity index (χ1v) is 5.90. The molecule has 0 aromatic carbocycles. The molecule has 1 atom stereocenters. The summed E-state index contributed by atoms with van der Waals surface area (Å²) in [5.74, 6) is -0.984. The molecule has 0 unspecified atom stereocenters. The van der Waals surface area contributed by atoms with E-state index in [1.165, 1.54) is 0 Å². The lowest BCUT2D eigenvalue weighted by atomic mass is 10.2. The second-order valence-electron chi connectivity index (χ2n) is 4.97. The van der Waals surface area contributed by atoms with E-state index in [0.717, 1.165) is 0 Å². The quantitative estimate of drug-likeness (QED) is 0.182. The van der Waals surface area contributed by atoms with Crippen molar-refractivity contribution in [1.82, 2.24) is 5.32 Å². The lowest BCUT2D eigenvalue weighted by molar-refractivity contribution is -0.143. The summed E-state index contributed by atoms with van der Waals surface area (Å²) < 4.78 is 9.28. The number of nitrogens with two attached hydrogens (primary N) is 2. The smallest absolute Gasteiger partial charge is 0.428 e. The van der Waals surface area contributed by atoms with Gasteiger partial charge in [-0.25, -0.2) is 9.59 Å². The van der Waals surface area contributed by atoms with E-state index in [1.54, 1.807) is 20.8 Å². The molecule has 0 amide bonds. The second-order valence-corrected chi connectivity index (χ2v) is 4.97. The number of hydrogen-bond donors (Lipinski definition) is 4. The minimum atomic E-state index is -1.06. The van der Waals surface area contributed by atoms with Crippen LogP contribution >= 0.6 is 0 Å². The Morgan fingerprint density at radius 3 is 2.42 bits per heavy atom. The van der Waals surface area contributed by atoms with Gasteiger partial charge in [-0.2, -0.15) is 0 Å². The van der Waals surface area contributed by atoms with Crippen LogP contribution in [0.15, 0.2) is 0 Å². The van der Waals surface area contributed by atoms with Crippen LogP contribution in [0.4, 0.5) is 4.79 Å². The van der Waals surface area contributed by atoms with Crippen LogP contribution in [0.1, 0.15) is 33.6 Å². The van der Waals surface area contributed by atoms with E-state index in [0.29, 0.717) is 19.4 Å². The van der Waals surface area contributed by atoms with Crippen molar-refractivity contribution in [2.45, 2.75) is 45.3 Å². The summed E-state index contributed by atoms with van der Waals surface area (Å²) >= 11 is 0. The topological polar surface area (TPSA) is 141 Å². The first kappa shape index (κ1) is 17.2. The Morgan fingerprint density at radius 1 is 1.37 bits per heavy atom. The number of carbonyl (C=O) groups excluding carboxylic acids is 2. The Morgan fingerprint density at radius 2 is 1.95 bits per heavy atom. The molecule has 0 radical (unpaired) electrons. The molecule has 0 bridgehead atoms. The standard InChI is InChI=1S/C11H22N4O4/c1-11(2,3)19-10(17)18-8(16)7(12)5-4-6-15-9(13)14/h7H,4-6,12H2,1-3H3,(H4,13,14,15)/t7-/m0/s1. The van der Waals surface area contributed by atoms with Crippen molar-refractivity contribution in [3.8, 4) is 0 Å². The number of hydrogen-bond acceptors (Lipinski definition) is 6. The highest BCUT2D eigenvalue weighted by molar-refractivity contribution is 5.85. The summed E-state index contributed by atoms with van der Waals surface area (Å²) in [5, 5.41) is 9.50. The molecular formula is C11H22N4O4. The summed E-state index contributed by atoms with van der Waals surface area (Å²) in [6.07, 6.45) is -0.235. The van der Waals surface area contributed by atoms with Gasteiger partial charge in [0.1, 0.15) is 11.6 Å². The molecule has 0 saturated carbocycles. The van der Waals surface area contributed by atoms with E-state index in [9.17, 15) is 9.59 Å². The number of rotatable bonds is 5. The molecular weight excluding hydrogens is 252 g/mol. The molecule has 8 heteroatoms. The summed E-state index contributed by atoms with van der Waals surface area (Å²) in [6.45, 7) is 5.40. The van der Waals surface area contributed by atoms with Crippen LogP contribution in [0.25, 0.3) is 0 Å². The Labute approximate surface area is 112 Å². The van der Waals surface area contributed by atoms with E-state index in [-0.39, 0.29) is 5.96 Å². The Balaban J connectivity index is 3.93. The van der Waals surface area contributed by atoms with Gasteiger partial charge in [-0.1, -0.05) is 0 Å². The lowest BCUT2D eigenvalue weighted by Crippen LogP contribution is -2.37. The number of carbonyl (C=O) groups is 2. The van der Waals surface area contributed by atoms with Crippen LogP contribution in [-0.2, 0) is 14.3 Å². The van der Waals surface area contributed by atoms with Crippen LogP contribution in [0.5, 0.6) is 0 Å². The predicted molar refractivity (Wildman–Crippen MR) is 69.5 cm³/mol. The average molecular weight is 274 g/mol. The molecule has 110 valence electrons. The lowest BCUT2D eigenvalue weighted by Gasteiger charge is -2.19. The van der Waals surface area contributed by atoms with Crippen molar-refractivity contribution in [3.63, 3.8) is 0 Å². The van der Waals surface area contributed by atoms with Gasteiger partial charge in [0, 0.05) is 6.54 Å². The van der Waals surface area contributed by atoms with Gasteiger partial charge in [0.15, 0.2) is 5.96 Å². The van der Waals surface area contributed by atoms with Gasteiger partial charge < -0.3 is 26.3 Å². The molecule has 19 heavy (non-hydrogen) atoms. The third kappa shape index (κ3) is 9.83.